The van der Waals surface area contributed by atoms with Crippen LogP contribution in [0.3, 0.4) is 0 Å². The Morgan fingerprint density at radius 2 is 1.93 bits per heavy atom. The van der Waals surface area contributed by atoms with Gasteiger partial charge in [-0.2, -0.15) is 0 Å². The van der Waals surface area contributed by atoms with E-state index in [1.54, 1.807) is 4.90 Å². The molecule has 0 aliphatic heterocycles. The number of nitrogens with zero attached hydrogens (tertiary/aromatic N) is 1. The van der Waals surface area contributed by atoms with Crippen LogP contribution in [0.5, 0.6) is 0 Å². The SMILES string of the molecule is CCN(C(=O)OC)c1ccccc1.Cl. The number of carbonyl (C=O) groups is 1. The molecule has 14 heavy (non-hydrogen) atoms. The highest BCUT2D eigenvalue weighted by Gasteiger charge is 2.12. The van der Waals surface area contributed by atoms with Gasteiger partial charge >= 0.3 is 6.09 Å². The van der Waals surface area contributed by atoms with Crippen molar-refractivity contribution in [1.82, 2.24) is 0 Å². The van der Waals surface area contributed by atoms with E-state index in [0.717, 1.165) is 5.69 Å². The lowest BCUT2D eigenvalue weighted by Gasteiger charge is -2.18. The Morgan fingerprint density at radius 1 is 1.36 bits per heavy atom. The van der Waals surface area contributed by atoms with Gasteiger partial charge in [0.1, 0.15) is 0 Å². The first-order valence-electron chi connectivity index (χ1n) is 4.20. The summed E-state index contributed by atoms with van der Waals surface area (Å²) in [7, 11) is 1.38. The van der Waals surface area contributed by atoms with E-state index in [4.69, 9.17) is 0 Å². The number of anilines is 1. The van der Waals surface area contributed by atoms with Gasteiger partial charge in [0.05, 0.1) is 7.11 Å². The zero-order valence-corrected chi connectivity index (χ0v) is 9.08. The Morgan fingerprint density at radius 3 is 2.36 bits per heavy atom. The van der Waals surface area contributed by atoms with E-state index < -0.39 is 0 Å². The molecule has 0 bridgehead atoms. The molecule has 0 fully saturated rings. The van der Waals surface area contributed by atoms with Gasteiger partial charge in [-0.05, 0) is 19.1 Å². The van der Waals surface area contributed by atoms with Gasteiger partial charge < -0.3 is 4.74 Å². The minimum atomic E-state index is -0.325. The van der Waals surface area contributed by atoms with Crippen LogP contribution in [0.15, 0.2) is 30.3 Å². The number of rotatable bonds is 2. The van der Waals surface area contributed by atoms with E-state index in [0.29, 0.717) is 6.54 Å². The first-order valence-corrected chi connectivity index (χ1v) is 4.20. The number of para-hydroxylation sites is 1. The fourth-order valence-electron chi connectivity index (χ4n) is 1.14. The van der Waals surface area contributed by atoms with Crippen LogP contribution in [0.2, 0.25) is 0 Å². The predicted molar refractivity (Wildman–Crippen MR) is 59.1 cm³/mol. The monoisotopic (exact) mass is 215 g/mol. The van der Waals surface area contributed by atoms with Crippen LogP contribution >= 0.6 is 12.4 Å². The van der Waals surface area contributed by atoms with Crippen molar-refractivity contribution in [2.75, 3.05) is 18.6 Å². The van der Waals surface area contributed by atoms with Crippen molar-refractivity contribution < 1.29 is 9.53 Å². The average molecular weight is 216 g/mol. The maximum absolute atomic E-state index is 11.2. The molecule has 0 atom stereocenters. The van der Waals surface area contributed by atoms with Crippen molar-refractivity contribution >= 4 is 24.2 Å². The smallest absolute Gasteiger partial charge is 0.413 e. The maximum atomic E-state index is 11.2. The molecular formula is C10H14ClNO2. The van der Waals surface area contributed by atoms with E-state index in [2.05, 4.69) is 4.74 Å². The summed E-state index contributed by atoms with van der Waals surface area (Å²) in [6.07, 6.45) is -0.325. The number of carbonyl (C=O) groups excluding carboxylic acids is 1. The number of amides is 1. The molecule has 0 saturated carbocycles. The Bertz CT molecular complexity index is 277. The molecule has 1 amide bonds. The van der Waals surface area contributed by atoms with Crippen LogP contribution in [0, 0.1) is 0 Å². The topological polar surface area (TPSA) is 29.5 Å². The molecule has 4 heteroatoms. The highest BCUT2D eigenvalue weighted by molar-refractivity contribution is 5.87. The van der Waals surface area contributed by atoms with E-state index >= 15 is 0 Å². The van der Waals surface area contributed by atoms with E-state index in [9.17, 15) is 4.79 Å². The summed E-state index contributed by atoms with van der Waals surface area (Å²) < 4.78 is 4.64. The fourth-order valence-corrected chi connectivity index (χ4v) is 1.14. The van der Waals surface area contributed by atoms with Gasteiger partial charge in [-0.1, -0.05) is 18.2 Å². The van der Waals surface area contributed by atoms with Gasteiger partial charge in [0, 0.05) is 12.2 Å². The number of hydrogen-bond donors (Lipinski definition) is 0. The van der Waals surface area contributed by atoms with Crippen LogP contribution in [-0.4, -0.2) is 19.7 Å². The van der Waals surface area contributed by atoms with Gasteiger partial charge in [-0.3, -0.25) is 4.90 Å². The van der Waals surface area contributed by atoms with Crippen molar-refractivity contribution in [3.63, 3.8) is 0 Å². The van der Waals surface area contributed by atoms with Gasteiger partial charge in [0.25, 0.3) is 0 Å². The summed E-state index contributed by atoms with van der Waals surface area (Å²) in [5, 5.41) is 0. The lowest BCUT2D eigenvalue weighted by atomic mass is 10.3. The van der Waals surface area contributed by atoms with Gasteiger partial charge in [0.15, 0.2) is 0 Å². The molecule has 0 unspecified atom stereocenters. The lowest BCUT2D eigenvalue weighted by molar-refractivity contribution is 0.179. The average Bonchev–Trinajstić information content (AvgIpc) is 2.20. The van der Waals surface area contributed by atoms with E-state index in [-0.39, 0.29) is 18.5 Å². The normalized spacial score (nSPS) is 8.71. The van der Waals surface area contributed by atoms with Crippen LogP contribution in [0.1, 0.15) is 6.92 Å². The van der Waals surface area contributed by atoms with Crippen LogP contribution in [0.4, 0.5) is 10.5 Å². The van der Waals surface area contributed by atoms with Crippen molar-refractivity contribution in [2.45, 2.75) is 6.92 Å². The van der Waals surface area contributed by atoms with Gasteiger partial charge in [-0.25, -0.2) is 4.79 Å². The number of halogens is 1. The molecule has 78 valence electrons. The molecule has 1 aromatic rings. The molecule has 1 rings (SSSR count). The first kappa shape index (κ1) is 12.8. The predicted octanol–water partition coefficient (Wildman–Crippen LogP) is 2.70. The summed E-state index contributed by atoms with van der Waals surface area (Å²) in [6, 6.07) is 9.44. The Labute approximate surface area is 90.1 Å². The molecular weight excluding hydrogens is 202 g/mol. The quantitative estimate of drug-likeness (QED) is 0.759. The Hall–Kier alpha value is -1.22. The third kappa shape index (κ3) is 2.92. The third-order valence-electron chi connectivity index (χ3n) is 1.78. The van der Waals surface area contributed by atoms with Crippen molar-refractivity contribution in [2.24, 2.45) is 0 Å². The van der Waals surface area contributed by atoms with Crippen LogP contribution in [-0.2, 0) is 4.74 Å². The molecule has 0 radical (unpaired) electrons. The van der Waals surface area contributed by atoms with E-state index in [1.807, 2.05) is 37.3 Å². The second kappa shape index (κ2) is 6.27. The molecule has 0 aliphatic rings. The second-order valence-corrected chi connectivity index (χ2v) is 2.55. The Kier molecular flexibility index (Phi) is 5.72. The summed E-state index contributed by atoms with van der Waals surface area (Å²) in [4.78, 5) is 12.8. The zero-order chi connectivity index (χ0) is 9.68. The highest BCUT2D eigenvalue weighted by Crippen LogP contribution is 2.13. The van der Waals surface area contributed by atoms with Crippen molar-refractivity contribution in [3.05, 3.63) is 30.3 Å². The fraction of sp³-hybridized carbons (Fsp3) is 0.300. The molecule has 0 aromatic heterocycles. The number of methoxy groups -OCH3 is 1. The van der Waals surface area contributed by atoms with Crippen molar-refractivity contribution in [1.29, 1.82) is 0 Å². The standard InChI is InChI=1S/C10H13NO2.ClH/c1-3-11(10(12)13-2)9-7-5-4-6-8-9;/h4-8H,3H2,1-2H3;1H. The summed E-state index contributed by atoms with van der Waals surface area (Å²) in [6.45, 7) is 2.51. The molecule has 0 aliphatic carbocycles. The third-order valence-corrected chi connectivity index (χ3v) is 1.78. The summed E-state index contributed by atoms with van der Waals surface area (Å²) >= 11 is 0. The Balaban J connectivity index is 0.00000169. The number of ether oxygens (including phenoxy) is 1. The van der Waals surface area contributed by atoms with Crippen LogP contribution in [0.25, 0.3) is 0 Å². The lowest BCUT2D eigenvalue weighted by Crippen LogP contribution is -2.30. The van der Waals surface area contributed by atoms with Gasteiger partial charge in [-0.15, -0.1) is 12.4 Å². The molecule has 0 N–H and O–H groups in total. The van der Waals surface area contributed by atoms with Gasteiger partial charge in [0.2, 0.25) is 0 Å². The molecule has 0 saturated heterocycles. The first-order chi connectivity index (χ1) is 6.29. The minimum absolute atomic E-state index is 0. The largest absolute Gasteiger partial charge is 0.452 e. The number of hydrogen-bond acceptors (Lipinski definition) is 2. The minimum Gasteiger partial charge on any atom is -0.452 e. The zero-order valence-electron chi connectivity index (χ0n) is 8.27. The molecule has 1 aromatic carbocycles. The maximum Gasteiger partial charge on any atom is 0.413 e. The highest BCUT2D eigenvalue weighted by atomic mass is 35.5. The van der Waals surface area contributed by atoms with Crippen LogP contribution < -0.4 is 4.90 Å². The van der Waals surface area contributed by atoms with E-state index in [1.165, 1.54) is 7.11 Å². The number of benzene rings is 1. The molecule has 3 nitrogen and oxygen atoms in total. The molecule has 0 heterocycles. The second-order valence-electron chi connectivity index (χ2n) is 2.55. The molecule has 0 spiro atoms. The van der Waals surface area contributed by atoms with Crippen molar-refractivity contribution in [3.8, 4) is 0 Å². The summed E-state index contributed by atoms with van der Waals surface area (Å²) in [5.74, 6) is 0. The summed E-state index contributed by atoms with van der Waals surface area (Å²) in [5.41, 5.74) is 0.858.